The van der Waals surface area contributed by atoms with E-state index in [2.05, 4.69) is 14.9 Å². The van der Waals surface area contributed by atoms with Gasteiger partial charge in [0.05, 0.1) is 5.52 Å². The van der Waals surface area contributed by atoms with E-state index in [0.29, 0.717) is 12.5 Å². The first-order chi connectivity index (χ1) is 9.78. The molecule has 1 fully saturated rings. The maximum absolute atomic E-state index is 13.4. The summed E-state index contributed by atoms with van der Waals surface area (Å²) in [5.41, 5.74) is 6.47. The van der Waals surface area contributed by atoms with Crippen molar-refractivity contribution in [3.05, 3.63) is 30.3 Å². The van der Waals surface area contributed by atoms with E-state index in [1.54, 1.807) is 6.07 Å². The Labute approximate surface area is 118 Å². The molecule has 5 heteroatoms. The molecule has 3 rings (SSSR count). The number of rotatable bonds is 2. The van der Waals surface area contributed by atoms with Gasteiger partial charge in [-0.2, -0.15) is 0 Å². The molecule has 1 saturated heterocycles. The minimum Gasteiger partial charge on any atom is -0.356 e. The Bertz CT molecular complexity index is 573. The smallest absolute Gasteiger partial charge is 0.139 e. The van der Waals surface area contributed by atoms with Gasteiger partial charge in [0.25, 0.3) is 0 Å². The summed E-state index contributed by atoms with van der Waals surface area (Å²) in [4.78, 5) is 10.6. The van der Waals surface area contributed by atoms with Gasteiger partial charge < -0.3 is 10.6 Å². The Morgan fingerprint density at radius 2 is 2.15 bits per heavy atom. The first-order valence-corrected chi connectivity index (χ1v) is 7.13. The molecular weight excluding hydrogens is 255 g/mol. The third kappa shape index (κ3) is 2.88. The summed E-state index contributed by atoms with van der Waals surface area (Å²) in [5, 5.41) is 0.773. The van der Waals surface area contributed by atoms with Gasteiger partial charge in [-0.05, 0) is 37.1 Å². The van der Waals surface area contributed by atoms with Crippen LogP contribution >= 0.6 is 0 Å². The molecule has 1 aromatic carbocycles. The minimum absolute atomic E-state index is 0.256. The van der Waals surface area contributed by atoms with Crippen LogP contribution in [0.25, 0.3) is 10.9 Å². The van der Waals surface area contributed by atoms with E-state index < -0.39 is 0 Å². The Morgan fingerprint density at radius 3 is 2.85 bits per heavy atom. The van der Waals surface area contributed by atoms with Crippen LogP contribution in [0.2, 0.25) is 0 Å². The monoisotopic (exact) mass is 276 g/mol. The Morgan fingerprint density at radius 1 is 1.35 bits per heavy atom. The lowest BCUT2D eigenvalue weighted by atomic mass is 10.1. The highest BCUT2D eigenvalue weighted by atomic mass is 19.1. The fraction of sp³-hybridized carbons (Fsp3) is 0.467. The quantitative estimate of drug-likeness (QED) is 0.916. The predicted octanol–water partition coefficient (Wildman–Crippen LogP) is 2.58. The van der Waals surface area contributed by atoms with Crippen molar-refractivity contribution in [3.63, 3.8) is 0 Å². The van der Waals surface area contributed by atoms with Gasteiger partial charge in [-0.1, -0.05) is 13.8 Å². The molecule has 108 valence electrons. The maximum Gasteiger partial charge on any atom is 0.139 e. The van der Waals surface area contributed by atoms with E-state index in [-0.39, 0.29) is 5.82 Å². The van der Waals surface area contributed by atoms with Crippen molar-refractivity contribution in [1.82, 2.24) is 9.97 Å². The Balaban J connectivity index is 0.000000704. The number of aromatic nitrogens is 2. The molecule has 1 atom stereocenters. The SMILES string of the molecule is CC.NCC1CCN(c2ncnc3ccc(F)cc23)C1. The van der Waals surface area contributed by atoms with Crippen molar-refractivity contribution in [2.24, 2.45) is 11.7 Å². The van der Waals surface area contributed by atoms with Crippen molar-refractivity contribution < 1.29 is 4.39 Å². The summed E-state index contributed by atoms with van der Waals surface area (Å²) in [5.74, 6) is 1.06. The summed E-state index contributed by atoms with van der Waals surface area (Å²) >= 11 is 0. The normalized spacial score (nSPS) is 18.0. The molecule has 20 heavy (non-hydrogen) atoms. The second-order valence-corrected chi connectivity index (χ2v) is 4.70. The minimum atomic E-state index is -0.256. The predicted molar refractivity (Wildman–Crippen MR) is 80.2 cm³/mol. The van der Waals surface area contributed by atoms with E-state index in [1.165, 1.54) is 18.5 Å². The van der Waals surface area contributed by atoms with Crippen LogP contribution in [0.1, 0.15) is 20.3 Å². The van der Waals surface area contributed by atoms with Gasteiger partial charge in [-0.25, -0.2) is 14.4 Å². The van der Waals surface area contributed by atoms with Crippen LogP contribution in [0.4, 0.5) is 10.2 Å². The van der Waals surface area contributed by atoms with E-state index in [4.69, 9.17) is 5.73 Å². The van der Waals surface area contributed by atoms with Crippen LogP contribution in [0.15, 0.2) is 24.5 Å². The van der Waals surface area contributed by atoms with Crippen molar-refractivity contribution in [2.75, 3.05) is 24.5 Å². The number of hydrogen-bond acceptors (Lipinski definition) is 4. The van der Waals surface area contributed by atoms with Crippen molar-refractivity contribution >= 4 is 16.7 Å². The fourth-order valence-electron chi connectivity index (χ4n) is 2.48. The van der Waals surface area contributed by atoms with Gasteiger partial charge in [0.15, 0.2) is 0 Å². The first kappa shape index (κ1) is 14.7. The van der Waals surface area contributed by atoms with Crippen LogP contribution in [0.3, 0.4) is 0 Å². The van der Waals surface area contributed by atoms with Crippen LogP contribution in [-0.4, -0.2) is 29.6 Å². The van der Waals surface area contributed by atoms with Crippen LogP contribution in [-0.2, 0) is 0 Å². The average Bonchev–Trinajstić information content (AvgIpc) is 2.97. The molecule has 1 aliphatic rings. The zero-order valence-electron chi connectivity index (χ0n) is 12.0. The molecule has 2 heterocycles. The molecular formula is C15H21FN4. The van der Waals surface area contributed by atoms with E-state index in [9.17, 15) is 4.39 Å². The molecule has 2 N–H and O–H groups in total. The number of nitrogens with zero attached hydrogens (tertiary/aromatic N) is 3. The molecule has 0 bridgehead atoms. The van der Waals surface area contributed by atoms with Gasteiger partial charge in [0.1, 0.15) is 18.0 Å². The van der Waals surface area contributed by atoms with Crippen LogP contribution < -0.4 is 10.6 Å². The topological polar surface area (TPSA) is 55.0 Å². The molecule has 1 aliphatic heterocycles. The molecule has 2 aromatic rings. The fourth-order valence-corrected chi connectivity index (χ4v) is 2.48. The summed E-state index contributed by atoms with van der Waals surface area (Å²) in [7, 11) is 0. The number of hydrogen-bond donors (Lipinski definition) is 1. The molecule has 1 aromatic heterocycles. The molecule has 0 aliphatic carbocycles. The van der Waals surface area contributed by atoms with Crippen LogP contribution in [0, 0.1) is 11.7 Å². The first-order valence-electron chi connectivity index (χ1n) is 7.13. The number of benzene rings is 1. The average molecular weight is 276 g/mol. The molecule has 1 unspecified atom stereocenters. The van der Waals surface area contributed by atoms with Crippen LogP contribution in [0.5, 0.6) is 0 Å². The molecule has 4 nitrogen and oxygen atoms in total. The highest BCUT2D eigenvalue weighted by Crippen LogP contribution is 2.28. The van der Waals surface area contributed by atoms with Crippen molar-refractivity contribution in [3.8, 4) is 0 Å². The highest BCUT2D eigenvalue weighted by Gasteiger charge is 2.23. The summed E-state index contributed by atoms with van der Waals surface area (Å²) in [6.07, 6.45) is 2.60. The summed E-state index contributed by atoms with van der Waals surface area (Å²) in [6.45, 7) is 6.50. The number of anilines is 1. The Hall–Kier alpha value is -1.75. The standard InChI is InChI=1S/C13H15FN4.C2H6/c14-10-1-2-12-11(5-10)13(17-8-16-12)18-4-3-9(6-15)7-18;1-2/h1-2,5,8-9H,3-4,6-7,15H2;1-2H3. The number of halogens is 1. The molecule has 0 saturated carbocycles. The lowest BCUT2D eigenvalue weighted by Gasteiger charge is -2.18. The summed E-state index contributed by atoms with van der Waals surface area (Å²) in [6, 6.07) is 4.61. The maximum atomic E-state index is 13.4. The lowest BCUT2D eigenvalue weighted by molar-refractivity contribution is 0.602. The summed E-state index contributed by atoms with van der Waals surface area (Å²) < 4.78 is 13.4. The van der Waals surface area contributed by atoms with E-state index >= 15 is 0 Å². The zero-order chi connectivity index (χ0) is 14.5. The zero-order valence-corrected chi connectivity index (χ0v) is 12.0. The molecule has 0 radical (unpaired) electrons. The largest absolute Gasteiger partial charge is 0.356 e. The Kier molecular flexibility index (Phi) is 4.84. The highest BCUT2D eigenvalue weighted by molar-refractivity contribution is 5.89. The van der Waals surface area contributed by atoms with E-state index in [1.807, 2.05) is 13.8 Å². The van der Waals surface area contributed by atoms with Gasteiger partial charge in [0.2, 0.25) is 0 Å². The lowest BCUT2D eigenvalue weighted by Crippen LogP contribution is -2.23. The second kappa shape index (κ2) is 6.61. The molecule has 0 amide bonds. The third-order valence-electron chi connectivity index (χ3n) is 3.50. The van der Waals surface area contributed by atoms with Crippen molar-refractivity contribution in [1.29, 1.82) is 0 Å². The van der Waals surface area contributed by atoms with Gasteiger partial charge in [-0.3, -0.25) is 0 Å². The molecule has 0 spiro atoms. The third-order valence-corrected chi connectivity index (χ3v) is 3.50. The van der Waals surface area contributed by atoms with Gasteiger partial charge >= 0.3 is 0 Å². The van der Waals surface area contributed by atoms with Crippen molar-refractivity contribution in [2.45, 2.75) is 20.3 Å². The number of nitrogens with two attached hydrogens (primary N) is 1. The number of fused-ring (bicyclic) bond motifs is 1. The van der Waals surface area contributed by atoms with E-state index in [0.717, 1.165) is 36.2 Å². The second-order valence-electron chi connectivity index (χ2n) is 4.70. The van der Waals surface area contributed by atoms with Gasteiger partial charge in [0, 0.05) is 18.5 Å². The van der Waals surface area contributed by atoms with Gasteiger partial charge in [-0.15, -0.1) is 0 Å².